The molecule has 1 fully saturated rings. The lowest BCUT2D eigenvalue weighted by Crippen LogP contribution is -2.49. The van der Waals surface area contributed by atoms with Crippen molar-refractivity contribution in [3.63, 3.8) is 0 Å². The second-order valence-corrected chi connectivity index (χ2v) is 5.58. The number of benzene rings is 2. The molecule has 2 aromatic rings. The van der Waals surface area contributed by atoms with Gasteiger partial charge in [0.2, 0.25) is 0 Å². The third-order valence-electron chi connectivity index (χ3n) is 4.60. The van der Waals surface area contributed by atoms with Gasteiger partial charge in [0.05, 0.1) is 10.3 Å². The summed E-state index contributed by atoms with van der Waals surface area (Å²) in [6.45, 7) is 0. The Bertz CT molecular complexity index is 711. The molecule has 0 radical (unpaired) electrons. The molecule has 1 aliphatic rings. The molecule has 0 aliphatic heterocycles. The zero-order valence-corrected chi connectivity index (χ0v) is 11.8. The first-order valence-corrected chi connectivity index (χ1v) is 7.09. The third kappa shape index (κ3) is 2.06. The van der Waals surface area contributed by atoms with Gasteiger partial charge in [0.25, 0.3) is 5.69 Å². The van der Waals surface area contributed by atoms with Gasteiger partial charge in [-0.1, -0.05) is 42.5 Å². The topological polar surface area (TPSA) is 80.4 Å². The summed E-state index contributed by atoms with van der Waals surface area (Å²) in [6.07, 6.45) is 1.34. The number of carboxylic acids is 1. The molecule has 3 rings (SSSR count). The molecule has 2 aromatic carbocycles. The van der Waals surface area contributed by atoms with Crippen LogP contribution in [0.3, 0.4) is 0 Å². The van der Waals surface area contributed by atoms with E-state index < -0.39 is 16.3 Å². The first-order chi connectivity index (χ1) is 10.6. The molecule has 2 atom stereocenters. The molecule has 1 aliphatic carbocycles. The van der Waals surface area contributed by atoms with Gasteiger partial charge in [0, 0.05) is 18.1 Å². The van der Waals surface area contributed by atoms with Gasteiger partial charge in [-0.15, -0.1) is 0 Å². The van der Waals surface area contributed by atoms with E-state index in [4.69, 9.17) is 0 Å². The highest BCUT2D eigenvalue weighted by atomic mass is 16.6. The fourth-order valence-electron chi connectivity index (χ4n) is 3.32. The molecule has 0 aromatic heterocycles. The predicted molar refractivity (Wildman–Crippen MR) is 80.8 cm³/mol. The van der Waals surface area contributed by atoms with Gasteiger partial charge in [0.1, 0.15) is 0 Å². The summed E-state index contributed by atoms with van der Waals surface area (Å²) in [5.41, 5.74) is 0.608. The van der Waals surface area contributed by atoms with E-state index in [1.54, 1.807) is 12.1 Å². The molecule has 0 bridgehead atoms. The highest BCUT2D eigenvalue weighted by Gasteiger charge is 2.54. The Hall–Kier alpha value is -2.69. The minimum absolute atomic E-state index is 0.0279. The van der Waals surface area contributed by atoms with Gasteiger partial charge < -0.3 is 5.11 Å². The summed E-state index contributed by atoms with van der Waals surface area (Å²) in [5.74, 6) is -0.978. The second-order valence-electron chi connectivity index (χ2n) is 5.58. The standard InChI is InChI=1S/C17H15NO4/c19-16(20)17(13-6-8-14(9-7-13)18(21)22)11-10-15(17)12-4-2-1-3-5-12/h1-9,15H,10-11H2,(H,19,20). The van der Waals surface area contributed by atoms with E-state index in [9.17, 15) is 20.0 Å². The fraction of sp³-hybridized carbons (Fsp3) is 0.235. The third-order valence-corrected chi connectivity index (χ3v) is 4.60. The first-order valence-electron chi connectivity index (χ1n) is 7.09. The summed E-state index contributed by atoms with van der Waals surface area (Å²) in [4.78, 5) is 22.2. The molecule has 0 spiro atoms. The number of aliphatic carboxylic acids is 1. The van der Waals surface area contributed by atoms with Crippen molar-refractivity contribution in [1.29, 1.82) is 0 Å². The molecule has 0 amide bonds. The highest BCUT2D eigenvalue weighted by Crippen LogP contribution is 2.54. The van der Waals surface area contributed by atoms with Crippen LogP contribution in [0.5, 0.6) is 0 Å². The lowest BCUT2D eigenvalue weighted by atomic mass is 9.54. The van der Waals surface area contributed by atoms with Crippen LogP contribution in [-0.2, 0) is 10.2 Å². The first kappa shape index (κ1) is 14.3. The van der Waals surface area contributed by atoms with E-state index in [0.717, 1.165) is 12.0 Å². The average Bonchev–Trinajstić information content (AvgIpc) is 2.48. The van der Waals surface area contributed by atoms with Crippen molar-refractivity contribution in [3.8, 4) is 0 Å². The Morgan fingerprint density at radius 1 is 1.14 bits per heavy atom. The number of nitrogens with zero attached hydrogens (tertiary/aromatic N) is 1. The van der Waals surface area contributed by atoms with E-state index in [0.29, 0.717) is 12.0 Å². The molecule has 1 N–H and O–H groups in total. The van der Waals surface area contributed by atoms with Crippen LogP contribution < -0.4 is 0 Å². The smallest absolute Gasteiger partial charge is 0.314 e. The molecule has 0 saturated heterocycles. The van der Waals surface area contributed by atoms with Crippen molar-refractivity contribution >= 4 is 11.7 Å². The van der Waals surface area contributed by atoms with E-state index >= 15 is 0 Å². The number of carboxylic acid groups (broad SMARTS) is 1. The Balaban J connectivity index is 2.03. The van der Waals surface area contributed by atoms with Crippen molar-refractivity contribution in [3.05, 3.63) is 75.8 Å². The van der Waals surface area contributed by atoms with Gasteiger partial charge in [-0.05, 0) is 24.0 Å². The number of rotatable bonds is 4. The molecule has 112 valence electrons. The largest absolute Gasteiger partial charge is 0.481 e. The van der Waals surface area contributed by atoms with Gasteiger partial charge in [-0.2, -0.15) is 0 Å². The Morgan fingerprint density at radius 2 is 1.77 bits per heavy atom. The minimum Gasteiger partial charge on any atom is -0.481 e. The Morgan fingerprint density at radius 3 is 2.23 bits per heavy atom. The molecule has 5 nitrogen and oxygen atoms in total. The van der Waals surface area contributed by atoms with Crippen LogP contribution in [0.4, 0.5) is 5.69 Å². The molecule has 22 heavy (non-hydrogen) atoms. The second kappa shape index (κ2) is 5.26. The summed E-state index contributed by atoms with van der Waals surface area (Å²) in [7, 11) is 0. The maximum atomic E-state index is 12.0. The summed E-state index contributed by atoms with van der Waals surface area (Å²) in [5, 5.41) is 20.6. The maximum Gasteiger partial charge on any atom is 0.314 e. The lowest BCUT2D eigenvalue weighted by molar-refractivity contribution is -0.384. The minimum atomic E-state index is -0.990. The van der Waals surface area contributed by atoms with Gasteiger partial charge in [-0.3, -0.25) is 14.9 Å². The van der Waals surface area contributed by atoms with Crippen LogP contribution in [0.15, 0.2) is 54.6 Å². The fourth-order valence-corrected chi connectivity index (χ4v) is 3.32. The van der Waals surface area contributed by atoms with Crippen molar-refractivity contribution in [2.24, 2.45) is 0 Å². The van der Waals surface area contributed by atoms with E-state index in [1.807, 2.05) is 30.3 Å². The molecule has 2 unspecified atom stereocenters. The average molecular weight is 297 g/mol. The monoisotopic (exact) mass is 297 g/mol. The van der Waals surface area contributed by atoms with Crippen LogP contribution in [0.2, 0.25) is 0 Å². The zero-order valence-electron chi connectivity index (χ0n) is 11.8. The van der Waals surface area contributed by atoms with Crippen LogP contribution in [0, 0.1) is 10.1 Å². The molecule has 0 heterocycles. The van der Waals surface area contributed by atoms with Crippen LogP contribution in [-0.4, -0.2) is 16.0 Å². The maximum absolute atomic E-state index is 12.0. The number of nitro groups is 1. The number of hydrogen-bond acceptors (Lipinski definition) is 3. The van der Waals surface area contributed by atoms with Crippen LogP contribution in [0.1, 0.15) is 29.9 Å². The van der Waals surface area contributed by atoms with Gasteiger partial charge >= 0.3 is 5.97 Å². The van der Waals surface area contributed by atoms with Crippen molar-refractivity contribution in [2.45, 2.75) is 24.2 Å². The molecule has 5 heteroatoms. The van der Waals surface area contributed by atoms with Gasteiger partial charge in [-0.25, -0.2) is 0 Å². The zero-order chi connectivity index (χ0) is 15.7. The predicted octanol–water partition coefficient (Wildman–Crippen LogP) is 3.49. The summed E-state index contributed by atoms with van der Waals surface area (Å²) < 4.78 is 0. The SMILES string of the molecule is O=C(O)C1(c2ccc([N+](=O)[O-])cc2)CCC1c1ccccc1. The molecular weight excluding hydrogens is 282 g/mol. The van der Waals surface area contributed by atoms with Crippen molar-refractivity contribution in [1.82, 2.24) is 0 Å². The van der Waals surface area contributed by atoms with Crippen molar-refractivity contribution in [2.75, 3.05) is 0 Å². The van der Waals surface area contributed by atoms with E-state index in [-0.39, 0.29) is 11.6 Å². The van der Waals surface area contributed by atoms with Crippen molar-refractivity contribution < 1.29 is 14.8 Å². The van der Waals surface area contributed by atoms with E-state index in [2.05, 4.69) is 0 Å². The normalized spacial score (nSPS) is 23.5. The summed E-state index contributed by atoms with van der Waals surface area (Å²) >= 11 is 0. The van der Waals surface area contributed by atoms with Gasteiger partial charge in [0.15, 0.2) is 0 Å². The number of carbonyl (C=O) groups is 1. The highest BCUT2D eigenvalue weighted by molar-refractivity contribution is 5.84. The Kier molecular flexibility index (Phi) is 3.41. The lowest BCUT2D eigenvalue weighted by Gasteiger charge is -2.47. The number of non-ortho nitro benzene ring substituents is 1. The van der Waals surface area contributed by atoms with Crippen LogP contribution >= 0.6 is 0 Å². The number of nitro benzene ring substituents is 1. The molecule has 1 saturated carbocycles. The quantitative estimate of drug-likeness (QED) is 0.692. The van der Waals surface area contributed by atoms with Crippen LogP contribution in [0.25, 0.3) is 0 Å². The van der Waals surface area contributed by atoms with E-state index in [1.165, 1.54) is 12.1 Å². The Labute approximate surface area is 127 Å². The summed E-state index contributed by atoms with van der Waals surface area (Å²) in [6, 6.07) is 15.5. The molecular formula is C17H15NO4. The number of hydrogen-bond donors (Lipinski definition) is 1.